The van der Waals surface area contributed by atoms with E-state index in [1.54, 1.807) is 0 Å². The van der Waals surface area contributed by atoms with Gasteiger partial charge in [0.15, 0.2) is 0 Å². The number of rotatable bonds is 3. The second-order valence-electron chi connectivity index (χ2n) is 6.34. The molecular formula is C18H25N. The minimum absolute atomic E-state index is 0.222. The monoisotopic (exact) mass is 255 g/mol. The highest BCUT2D eigenvalue weighted by atomic mass is 15.0. The molecule has 0 radical (unpaired) electrons. The lowest BCUT2D eigenvalue weighted by Crippen LogP contribution is -2.10. The molecule has 1 aromatic carbocycles. The fraction of sp³-hybridized carbons (Fsp3) is 0.444. The molecule has 0 atom stereocenters. The maximum Gasteiger partial charge on any atom is 0.0482 e. The van der Waals surface area contributed by atoms with Crippen molar-refractivity contribution in [1.29, 1.82) is 0 Å². The number of aromatic nitrogens is 1. The van der Waals surface area contributed by atoms with Gasteiger partial charge in [-0.25, -0.2) is 0 Å². The summed E-state index contributed by atoms with van der Waals surface area (Å²) in [5.74, 6) is 0. The van der Waals surface area contributed by atoms with Gasteiger partial charge in [0.2, 0.25) is 0 Å². The summed E-state index contributed by atoms with van der Waals surface area (Å²) in [5.41, 5.74) is 5.60. The molecule has 0 spiro atoms. The van der Waals surface area contributed by atoms with Gasteiger partial charge in [-0.15, -0.1) is 0 Å². The third-order valence-corrected chi connectivity index (χ3v) is 3.69. The van der Waals surface area contributed by atoms with Crippen LogP contribution in [0.4, 0.5) is 0 Å². The van der Waals surface area contributed by atoms with Crippen LogP contribution in [0.15, 0.2) is 36.4 Å². The van der Waals surface area contributed by atoms with Gasteiger partial charge in [-0.05, 0) is 42.0 Å². The Bertz CT molecular complexity index is 538. The van der Waals surface area contributed by atoms with E-state index in [9.17, 15) is 0 Å². The summed E-state index contributed by atoms with van der Waals surface area (Å²) in [6, 6.07) is 13.5. The molecule has 0 unspecified atom stereocenters. The van der Waals surface area contributed by atoms with Crippen molar-refractivity contribution in [2.24, 2.45) is 0 Å². The van der Waals surface area contributed by atoms with Crippen molar-refractivity contribution in [3.63, 3.8) is 0 Å². The number of benzene rings is 1. The highest BCUT2D eigenvalue weighted by Crippen LogP contribution is 2.27. The number of hydrogen-bond acceptors (Lipinski definition) is 0. The summed E-state index contributed by atoms with van der Waals surface area (Å²) in [7, 11) is 0. The molecule has 2 rings (SSSR count). The van der Waals surface area contributed by atoms with Crippen LogP contribution in [0.5, 0.6) is 0 Å². The molecule has 19 heavy (non-hydrogen) atoms. The normalized spacial score (nSPS) is 11.8. The molecule has 0 amide bonds. The van der Waals surface area contributed by atoms with E-state index in [1.165, 1.54) is 28.9 Å². The summed E-state index contributed by atoms with van der Waals surface area (Å²) in [5, 5.41) is 0. The van der Waals surface area contributed by atoms with Gasteiger partial charge in [0, 0.05) is 17.9 Å². The van der Waals surface area contributed by atoms with Gasteiger partial charge < -0.3 is 4.57 Å². The van der Waals surface area contributed by atoms with E-state index in [-0.39, 0.29) is 5.41 Å². The van der Waals surface area contributed by atoms with Crippen LogP contribution in [-0.2, 0) is 12.0 Å². The lowest BCUT2D eigenvalue weighted by atomic mass is 9.86. The topological polar surface area (TPSA) is 4.93 Å². The fourth-order valence-electron chi connectivity index (χ4n) is 2.48. The molecule has 0 aliphatic carbocycles. The number of hydrogen-bond donors (Lipinski definition) is 0. The molecule has 1 nitrogen and oxygen atoms in total. The van der Waals surface area contributed by atoms with Crippen LogP contribution >= 0.6 is 0 Å². The first-order chi connectivity index (χ1) is 8.93. The molecule has 0 saturated carbocycles. The predicted octanol–water partition coefficient (Wildman–Crippen LogP) is 5.17. The first-order valence-corrected chi connectivity index (χ1v) is 7.20. The standard InChI is InChI=1S/C18H25N/c1-6-13-19-14(2)7-12-17(19)15-8-10-16(11-9-15)18(3,4)5/h7-12H,6,13H2,1-5H3. The van der Waals surface area contributed by atoms with Crippen LogP contribution in [0.3, 0.4) is 0 Å². The maximum absolute atomic E-state index is 2.41. The van der Waals surface area contributed by atoms with Crippen LogP contribution in [0.1, 0.15) is 45.4 Å². The van der Waals surface area contributed by atoms with Gasteiger partial charge in [-0.3, -0.25) is 0 Å². The smallest absolute Gasteiger partial charge is 0.0482 e. The molecule has 0 N–H and O–H groups in total. The summed E-state index contributed by atoms with van der Waals surface area (Å²) in [6.45, 7) is 12.3. The lowest BCUT2D eigenvalue weighted by Gasteiger charge is -2.19. The fourth-order valence-corrected chi connectivity index (χ4v) is 2.48. The highest BCUT2D eigenvalue weighted by Gasteiger charge is 2.14. The Morgan fingerprint density at radius 1 is 0.947 bits per heavy atom. The lowest BCUT2D eigenvalue weighted by molar-refractivity contribution is 0.590. The Balaban J connectivity index is 2.38. The van der Waals surface area contributed by atoms with Crippen molar-refractivity contribution >= 4 is 0 Å². The average Bonchev–Trinajstić information content (AvgIpc) is 2.71. The zero-order chi connectivity index (χ0) is 14.0. The minimum atomic E-state index is 0.222. The van der Waals surface area contributed by atoms with Crippen molar-refractivity contribution in [2.45, 2.75) is 53.0 Å². The van der Waals surface area contributed by atoms with Crippen molar-refractivity contribution in [3.05, 3.63) is 47.7 Å². The van der Waals surface area contributed by atoms with Crippen molar-refractivity contribution in [3.8, 4) is 11.3 Å². The molecule has 0 aliphatic rings. The second-order valence-corrected chi connectivity index (χ2v) is 6.34. The van der Waals surface area contributed by atoms with Crippen molar-refractivity contribution in [2.75, 3.05) is 0 Å². The van der Waals surface area contributed by atoms with E-state index in [0.29, 0.717) is 0 Å². The van der Waals surface area contributed by atoms with E-state index in [4.69, 9.17) is 0 Å². The molecular weight excluding hydrogens is 230 g/mol. The van der Waals surface area contributed by atoms with E-state index in [2.05, 4.69) is 75.6 Å². The third-order valence-electron chi connectivity index (χ3n) is 3.69. The Hall–Kier alpha value is -1.50. The number of aryl methyl sites for hydroxylation is 1. The Morgan fingerprint density at radius 3 is 2.11 bits per heavy atom. The summed E-state index contributed by atoms with van der Waals surface area (Å²) in [4.78, 5) is 0. The number of nitrogens with zero attached hydrogens (tertiary/aromatic N) is 1. The van der Waals surface area contributed by atoms with Gasteiger partial charge in [-0.2, -0.15) is 0 Å². The van der Waals surface area contributed by atoms with E-state index >= 15 is 0 Å². The molecule has 0 fully saturated rings. The summed E-state index contributed by atoms with van der Waals surface area (Å²) >= 11 is 0. The van der Waals surface area contributed by atoms with E-state index in [1.807, 2.05) is 0 Å². The Labute approximate surface area is 117 Å². The van der Waals surface area contributed by atoms with Crippen LogP contribution < -0.4 is 0 Å². The largest absolute Gasteiger partial charge is 0.345 e. The molecule has 102 valence electrons. The first kappa shape index (κ1) is 13.9. The molecule has 1 heterocycles. The second kappa shape index (κ2) is 5.24. The van der Waals surface area contributed by atoms with Crippen molar-refractivity contribution < 1.29 is 0 Å². The quantitative estimate of drug-likeness (QED) is 0.713. The van der Waals surface area contributed by atoms with Gasteiger partial charge in [0.25, 0.3) is 0 Å². The molecule has 1 heteroatoms. The molecule has 0 bridgehead atoms. The van der Waals surface area contributed by atoms with Gasteiger partial charge >= 0.3 is 0 Å². The molecule has 0 aliphatic heterocycles. The minimum Gasteiger partial charge on any atom is -0.345 e. The highest BCUT2D eigenvalue weighted by molar-refractivity contribution is 5.61. The summed E-state index contributed by atoms with van der Waals surface area (Å²) < 4.78 is 2.41. The Morgan fingerprint density at radius 2 is 1.58 bits per heavy atom. The molecule has 1 aromatic heterocycles. The SMILES string of the molecule is CCCn1c(C)ccc1-c1ccc(C(C)(C)C)cc1. The molecule has 0 saturated heterocycles. The van der Waals surface area contributed by atoms with Gasteiger partial charge in [0.05, 0.1) is 0 Å². The summed E-state index contributed by atoms with van der Waals surface area (Å²) in [6.07, 6.45) is 1.17. The van der Waals surface area contributed by atoms with Gasteiger partial charge in [0.1, 0.15) is 0 Å². The van der Waals surface area contributed by atoms with Crippen LogP contribution in [-0.4, -0.2) is 4.57 Å². The van der Waals surface area contributed by atoms with Crippen molar-refractivity contribution in [1.82, 2.24) is 4.57 Å². The third kappa shape index (κ3) is 2.91. The van der Waals surface area contributed by atoms with Crippen LogP contribution in [0.25, 0.3) is 11.3 Å². The van der Waals surface area contributed by atoms with E-state index < -0.39 is 0 Å². The van der Waals surface area contributed by atoms with E-state index in [0.717, 1.165) is 6.54 Å². The average molecular weight is 255 g/mol. The zero-order valence-electron chi connectivity index (χ0n) is 12.8. The maximum atomic E-state index is 2.41. The Kier molecular flexibility index (Phi) is 3.84. The first-order valence-electron chi connectivity index (χ1n) is 7.20. The predicted molar refractivity (Wildman–Crippen MR) is 83.6 cm³/mol. The van der Waals surface area contributed by atoms with Crippen LogP contribution in [0, 0.1) is 6.92 Å². The van der Waals surface area contributed by atoms with Gasteiger partial charge in [-0.1, -0.05) is 52.0 Å². The molecule has 2 aromatic rings. The zero-order valence-corrected chi connectivity index (χ0v) is 12.8. The van der Waals surface area contributed by atoms with Crippen LogP contribution in [0.2, 0.25) is 0 Å².